The van der Waals surface area contributed by atoms with Gasteiger partial charge in [-0.05, 0) is 12.0 Å². The summed E-state index contributed by atoms with van der Waals surface area (Å²) >= 11 is 4.98. The molecule has 1 unspecified atom stereocenters. The van der Waals surface area contributed by atoms with Gasteiger partial charge < -0.3 is 5.73 Å². The Kier molecular flexibility index (Phi) is 3.23. The summed E-state index contributed by atoms with van der Waals surface area (Å²) < 4.78 is 0. The molecule has 64 valence electrons. The van der Waals surface area contributed by atoms with Crippen LogP contribution in [0.1, 0.15) is 24.8 Å². The molecule has 2 N–H and O–H groups in total. The predicted molar refractivity (Wildman–Crippen MR) is 56.3 cm³/mol. The molecule has 0 radical (unpaired) electrons. The standard InChI is InChI=1S/C10H13NS/c1-2-9(10(11)12)8-6-4-3-5-7-8/h3-7,9H,2H2,1H3,(H2,11,12). The molecule has 1 aromatic carbocycles. The maximum absolute atomic E-state index is 5.61. The topological polar surface area (TPSA) is 26.0 Å². The Labute approximate surface area is 78.6 Å². The van der Waals surface area contributed by atoms with Crippen LogP contribution in [0.3, 0.4) is 0 Å². The molecule has 0 amide bonds. The van der Waals surface area contributed by atoms with Crippen molar-refractivity contribution in [2.24, 2.45) is 5.73 Å². The molecule has 0 saturated carbocycles. The molecule has 2 heteroatoms. The van der Waals surface area contributed by atoms with Gasteiger partial charge in [-0.1, -0.05) is 49.5 Å². The van der Waals surface area contributed by atoms with E-state index in [1.807, 2.05) is 18.2 Å². The van der Waals surface area contributed by atoms with Gasteiger partial charge in [0.2, 0.25) is 0 Å². The molecule has 0 aliphatic carbocycles. The lowest BCUT2D eigenvalue weighted by atomic mass is 9.97. The Morgan fingerprint density at radius 3 is 2.42 bits per heavy atom. The van der Waals surface area contributed by atoms with E-state index in [1.165, 1.54) is 5.56 Å². The van der Waals surface area contributed by atoms with Crippen LogP contribution in [0.15, 0.2) is 30.3 Å². The van der Waals surface area contributed by atoms with Gasteiger partial charge in [0.1, 0.15) is 0 Å². The molecule has 0 fully saturated rings. The third-order valence-corrected chi connectivity index (χ3v) is 2.24. The molecule has 0 aliphatic rings. The molecule has 1 aromatic rings. The lowest BCUT2D eigenvalue weighted by Crippen LogP contribution is -2.18. The summed E-state index contributed by atoms with van der Waals surface area (Å²) in [5, 5.41) is 0. The average molecular weight is 179 g/mol. The SMILES string of the molecule is CCC(C(N)=S)c1ccccc1. The zero-order chi connectivity index (χ0) is 8.97. The van der Waals surface area contributed by atoms with Gasteiger partial charge in [0.25, 0.3) is 0 Å². The highest BCUT2D eigenvalue weighted by Crippen LogP contribution is 2.18. The van der Waals surface area contributed by atoms with Crippen LogP contribution in [0.5, 0.6) is 0 Å². The second-order valence-electron chi connectivity index (χ2n) is 2.77. The summed E-state index contributed by atoms with van der Waals surface area (Å²) in [6, 6.07) is 10.1. The monoisotopic (exact) mass is 179 g/mol. The van der Waals surface area contributed by atoms with E-state index in [-0.39, 0.29) is 5.92 Å². The van der Waals surface area contributed by atoms with Crippen LogP contribution < -0.4 is 5.73 Å². The molecule has 12 heavy (non-hydrogen) atoms. The highest BCUT2D eigenvalue weighted by molar-refractivity contribution is 7.80. The number of hydrogen-bond acceptors (Lipinski definition) is 1. The number of thiocarbonyl (C=S) groups is 1. The lowest BCUT2D eigenvalue weighted by molar-refractivity contribution is 0.848. The summed E-state index contributed by atoms with van der Waals surface area (Å²) in [6.07, 6.45) is 0.972. The smallest absolute Gasteiger partial charge is 0.0803 e. The highest BCUT2D eigenvalue weighted by Gasteiger charge is 2.10. The Balaban J connectivity index is 2.88. The second-order valence-corrected chi connectivity index (χ2v) is 3.25. The van der Waals surface area contributed by atoms with Crippen molar-refractivity contribution in [2.45, 2.75) is 19.3 Å². The van der Waals surface area contributed by atoms with Crippen LogP contribution in [-0.2, 0) is 0 Å². The van der Waals surface area contributed by atoms with Crippen molar-refractivity contribution in [3.63, 3.8) is 0 Å². The molecular formula is C10H13NS. The zero-order valence-corrected chi connectivity index (χ0v) is 7.97. The fourth-order valence-corrected chi connectivity index (χ4v) is 1.59. The van der Waals surface area contributed by atoms with Crippen LogP contribution >= 0.6 is 12.2 Å². The van der Waals surface area contributed by atoms with Crippen molar-refractivity contribution in [3.8, 4) is 0 Å². The molecule has 1 atom stereocenters. The van der Waals surface area contributed by atoms with Gasteiger partial charge in [-0.25, -0.2) is 0 Å². The molecule has 0 spiro atoms. The van der Waals surface area contributed by atoms with E-state index >= 15 is 0 Å². The lowest BCUT2D eigenvalue weighted by Gasteiger charge is -2.12. The second kappa shape index (κ2) is 4.21. The van der Waals surface area contributed by atoms with Crippen LogP contribution in [-0.4, -0.2) is 4.99 Å². The number of hydrogen-bond donors (Lipinski definition) is 1. The third kappa shape index (κ3) is 2.05. The van der Waals surface area contributed by atoms with Crippen molar-refractivity contribution in [3.05, 3.63) is 35.9 Å². The largest absolute Gasteiger partial charge is 0.393 e. The van der Waals surface area contributed by atoms with Crippen LogP contribution in [0.4, 0.5) is 0 Å². The van der Waals surface area contributed by atoms with Gasteiger partial charge in [-0.2, -0.15) is 0 Å². The van der Waals surface area contributed by atoms with E-state index in [9.17, 15) is 0 Å². The molecule has 0 bridgehead atoms. The van der Waals surface area contributed by atoms with Gasteiger partial charge in [-0.3, -0.25) is 0 Å². The van der Waals surface area contributed by atoms with Gasteiger partial charge in [0.15, 0.2) is 0 Å². The first-order chi connectivity index (χ1) is 5.75. The van der Waals surface area contributed by atoms with E-state index in [1.54, 1.807) is 0 Å². The molecule has 0 heterocycles. The fourth-order valence-electron chi connectivity index (χ4n) is 1.29. The Morgan fingerprint density at radius 1 is 1.42 bits per heavy atom. The van der Waals surface area contributed by atoms with E-state index < -0.39 is 0 Å². The molecule has 0 aliphatic heterocycles. The summed E-state index contributed by atoms with van der Waals surface area (Å²) in [7, 11) is 0. The van der Waals surface area contributed by atoms with Gasteiger partial charge >= 0.3 is 0 Å². The van der Waals surface area contributed by atoms with Crippen LogP contribution in [0.2, 0.25) is 0 Å². The average Bonchev–Trinajstić information content (AvgIpc) is 2.07. The van der Waals surface area contributed by atoms with Gasteiger partial charge in [-0.15, -0.1) is 0 Å². The Morgan fingerprint density at radius 2 is 2.00 bits per heavy atom. The summed E-state index contributed by atoms with van der Waals surface area (Å²) in [6.45, 7) is 2.09. The van der Waals surface area contributed by atoms with Gasteiger partial charge in [0, 0.05) is 5.92 Å². The first-order valence-electron chi connectivity index (χ1n) is 4.10. The predicted octanol–water partition coefficient (Wildman–Crippen LogP) is 2.47. The minimum atomic E-state index is 0.237. The molecule has 1 nitrogen and oxygen atoms in total. The minimum absolute atomic E-state index is 0.237. The van der Waals surface area contributed by atoms with Crippen molar-refractivity contribution in [1.29, 1.82) is 0 Å². The maximum Gasteiger partial charge on any atom is 0.0803 e. The van der Waals surface area contributed by atoms with Crippen molar-refractivity contribution in [2.75, 3.05) is 0 Å². The Hall–Kier alpha value is -0.890. The van der Waals surface area contributed by atoms with E-state index in [0.717, 1.165) is 6.42 Å². The number of nitrogens with two attached hydrogens (primary N) is 1. The summed E-state index contributed by atoms with van der Waals surface area (Å²) in [5.74, 6) is 0.237. The molecule has 0 aromatic heterocycles. The Bertz CT molecular complexity index is 256. The normalized spacial score (nSPS) is 12.4. The van der Waals surface area contributed by atoms with E-state index in [0.29, 0.717) is 4.99 Å². The van der Waals surface area contributed by atoms with Crippen LogP contribution in [0.25, 0.3) is 0 Å². The summed E-state index contributed by atoms with van der Waals surface area (Å²) in [4.78, 5) is 0.587. The first kappa shape index (κ1) is 9.20. The minimum Gasteiger partial charge on any atom is -0.393 e. The molecular weight excluding hydrogens is 166 g/mol. The van der Waals surface area contributed by atoms with Crippen molar-refractivity contribution >= 4 is 17.2 Å². The number of benzene rings is 1. The maximum atomic E-state index is 5.61. The first-order valence-corrected chi connectivity index (χ1v) is 4.50. The zero-order valence-electron chi connectivity index (χ0n) is 7.16. The quantitative estimate of drug-likeness (QED) is 0.721. The van der Waals surface area contributed by atoms with E-state index in [2.05, 4.69) is 19.1 Å². The van der Waals surface area contributed by atoms with E-state index in [4.69, 9.17) is 18.0 Å². The molecule has 1 rings (SSSR count). The molecule has 0 saturated heterocycles. The fraction of sp³-hybridized carbons (Fsp3) is 0.300. The summed E-state index contributed by atoms with van der Waals surface area (Å²) in [5.41, 5.74) is 6.83. The van der Waals surface area contributed by atoms with Crippen molar-refractivity contribution in [1.82, 2.24) is 0 Å². The third-order valence-electron chi connectivity index (χ3n) is 1.95. The highest BCUT2D eigenvalue weighted by atomic mass is 32.1. The van der Waals surface area contributed by atoms with Crippen molar-refractivity contribution < 1.29 is 0 Å². The van der Waals surface area contributed by atoms with Gasteiger partial charge in [0.05, 0.1) is 4.99 Å². The van der Waals surface area contributed by atoms with Crippen LogP contribution in [0, 0.1) is 0 Å². The number of rotatable bonds is 3.